The topological polar surface area (TPSA) is 35.5 Å². The molecule has 3 aliphatic carbocycles. The van der Waals surface area contributed by atoms with Gasteiger partial charge in [0.2, 0.25) is 5.82 Å². The number of hydrogen-bond acceptors (Lipinski definition) is 3. The summed E-state index contributed by atoms with van der Waals surface area (Å²) in [5.41, 5.74) is 0.393. The molecule has 33 heavy (non-hydrogen) atoms. The number of rotatable bonds is 6. The number of hydrogen-bond donors (Lipinski definition) is 0. The van der Waals surface area contributed by atoms with Gasteiger partial charge in [-0.15, -0.1) is 0 Å². The summed E-state index contributed by atoms with van der Waals surface area (Å²) in [5.74, 6) is -0.457. The Morgan fingerprint density at radius 1 is 0.848 bits per heavy atom. The fourth-order valence-electron chi connectivity index (χ4n) is 6.49. The Kier molecular flexibility index (Phi) is 8.43. The highest BCUT2D eigenvalue weighted by Crippen LogP contribution is 2.42. The lowest BCUT2D eigenvalue weighted by atomic mass is 9.69. The van der Waals surface area contributed by atoms with Crippen LogP contribution in [0.1, 0.15) is 102 Å². The number of benzene rings is 1. The fourth-order valence-corrected chi connectivity index (χ4v) is 6.49. The SMILES string of the molecule is CCOC1CCC(c2ccc(OC(=O)C3CCC(C4CCC(C)CC4)CC3)c(F)c2F)CC1. The number of halogens is 2. The molecule has 3 fully saturated rings. The maximum Gasteiger partial charge on any atom is 0.314 e. The van der Waals surface area contributed by atoms with Crippen LogP contribution in [0.4, 0.5) is 8.78 Å². The van der Waals surface area contributed by atoms with Crippen LogP contribution in [0.15, 0.2) is 12.1 Å². The van der Waals surface area contributed by atoms with Gasteiger partial charge in [0.05, 0.1) is 12.0 Å². The van der Waals surface area contributed by atoms with Crippen LogP contribution < -0.4 is 4.74 Å². The Morgan fingerprint density at radius 2 is 1.45 bits per heavy atom. The van der Waals surface area contributed by atoms with Gasteiger partial charge in [-0.1, -0.05) is 25.8 Å². The highest BCUT2D eigenvalue weighted by Gasteiger charge is 2.34. The molecule has 0 bridgehead atoms. The summed E-state index contributed by atoms with van der Waals surface area (Å²) in [5, 5.41) is 0. The third-order valence-electron chi connectivity index (χ3n) is 8.64. The lowest BCUT2D eigenvalue weighted by Gasteiger charge is -2.36. The van der Waals surface area contributed by atoms with Crippen LogP contribution in [0.2, 0.25) is 0 Å². The van der Waals surface area contributed by atoms with Gasteiger partial charge in [0, 0.05) is 6.61 Å². The molecule has 0 spiro atoms. The molecular formula is C28H40F2O3. The molecule has 0 atom stereocenters. The van der Waals surface area contributed by atoms with Gasteiger partial charge in [0.15, 0.2) is 11.6 Å². The number of esters is 1. The van der Waals surface area contributed by atoms with Crippen molar-refractivity contribution >= 4 is 5.97 Å². The summed E-state index contributed by atoms with van der Waals surface area (Å²) in [6.07, 6.45) is 12.4. The van der Waals surface area contributed by atoms with Crippen LogP contribution >= 0.6 is 0 Å². The first-order valence-corrected chi connectivity index (χ1v) is 13.3. The highest BCUT2D eigenvalue weighted by atomic mass is 19.2. The van der Waals surface area contributed by atoms with E-state index in [4.69, 9.17) is 9.47 Å². The first-order chi connectivity index (χ1) is 16.0. The summed E-state index contributed by atoms with van der Waals surface area (Å²) in [6.45, 7) is 4.99. The van der Waals surface area contributed by atoms with E-state index in [0.717, 1.165) is 63.2 Å². The second-order valence-electron chi connectivity index (χ2n) is 10.8. The average Bonchev–Trinajstić information content (AvgIpc) is 2.84. The Morgan fingerprint density at radius 3 is 2.06 bits per heavy atom. The molecule has 0 saturated heterocycles. The lowest BCUT2D eigenvalue weighted by Crippen LogP contribution is -2.30. The van der Waals surface area contributed by atoms with Crippen molar-refractivity contribution in [3.63, 3.8) is 0 Å². The van der Waals surface area contributed by atoms with E-state index in [-0.39, 0.29) is 23.7 Å². The van der Waals surface area contributed by atoms with Crippen LogP contribution in [0, 0.1) is 35.3 Å². The van der Waals surface area contributed by atoms with Crippen LogP contribution in [-0.2, 0) is 9.53 Å². The minimum atomic E-state index is -1.03. The van der Waals surface area contributed by atoms with E-state index < -0.39 is 17.6 Å². The van der Waals surface area contributed by atoms with E-state index in [1.54, 1.807) is 6.07 Å². The summed E-state index contributed by atoms with van der Waals surface area (Å²) in [7, 11) is 0. The zero-order chi connectivity index (χ0) is 23.4. The van der Waals surface area contributed by atoms with Gasteiger partial charge in [0.1, 0.15) is 0 Å². The van der Waals surface area contributed by atoms with Crippen molar-refractivity contribution in [3.05, 3.63) is 29.3 Å². The Bertz CT molecular complexity index is 787. The largest absolute Gasteiger partial charge is 0.423 e. The number of carbonyl (C=O) groups excluding carboxylic acids is 1. The molecule has 0 unspecified atom stereocenters. The molecule has 3 aliphatic rings. The maximum atomic E-state index is 14.9. The van der Waals surface area contributed by atoms with Gasteiger partial charge in [0.25, 0.3) is 0 Å². The first-order valence-electron chi connectivity index (χ1n) is 13.3. The minimum Gasteiger partial charge on any atom is -0.423 e. The van der Waals surface area contributed by atoms with E-state index in [1.807, 2.05) is 6.92 Å². The van der Waals surface area contributed by atoms with Crippen molar-refractivity contribution in [2.24, 2.45) is 23.7 Å². The van der Waals surface area contributed by atoms with Gasteiger partial charge >= 0.3 is 5.97 Å². The molecule has 0 aromatic heterocycles. The van der Waals surface area contributed by atoms with Gasteiger partial charge < -0.3 is 9.47 Å². The van der Waals surface area contributed by atoms with E-state index >= 15 is 0 Å². The fraction of sp³-hybridized carbons (Fsp3) is 0.750. The molecule has 1 aromatic carbocycles. The van der Waals surface area contributed by atoms with Crippen molar-refractivity contribution in [1.82, 2.24) is 0 Å². The molecule has 0 heterocycles. The predicted octanol–water partition coefficient (Wildman–Crippen LogP) is 7.57. The molecular weight excluding hydrogens is 422 g/mol. The van der Waals surface area contributed by atoms with Crippen LogP contribution in [-0.4, -0.2) is 18.7 Å². The highest BCUT2D eigenvalue weighted by molar-refractivity contribution is 5.75. The Balaban J connectivity index is 1.30. The average molecular weight is 463 g/mol. The normalized spacial score (nSPS) is 33.0. The lowest BCUT2D eigenvalue weighted by molar-refractivity contribution is -0.140. The second kappa shape index (κ2) is 11.3. The van der Waals surface area contributed by atoms with Crippen molar-refractivity contribution in [3.8, 4) is 5.75 Å². The molecule has 3 nitrogen and oxygen atoms in total. The Hall–Kier alpha value is -1.49. The minimum absolute atomic E-state index is 0.0148. The number of ether oxygens (including phenoxy) is 2. The van der Waals surface area contributed by atoms with Crippen molar-refractivity contribution in [2.75, 3.05) is 6.61 Å². The summed E-state index contributed by atoms with van der Waals surface area (Å²) >= 11 is 0. The van der Waals surface area contributed by atoms with E-state index in [9.17, 15) is 13.6 Å². The Labute approximate surface area is 197 Å². The molecule has 4 rings (SSSR count). The smallest absolute Gasteiger partial charge is 0.314 e. The van der Waals surface area contributed by atoms with Crippen molar-refractivity contribution in [2.45, 2.75) is 103 Å². The van der Waals surface area contributed by atoms with E-state index in [0.29, 0.717) is 18.1 Å². The second-order valence-corrected chi connectivity index (χ2v) is 10.8. The van der Waals surface area contributed by atoms with Crippen molar-refractivity contribution in [1.29, 1.82) is 0 Å². The van der Waals surface area contributed by atoms with E-state index in [1.165, 1.54) is 31.7 Å². The standard InChI is InChI=1S/C28H40F2O3/c1-3-32-23-14-12-21(13-15-23)24-16-17-25(27(30)26(24)29)33-28(31)22-10-8-20(9-11-22)19-6-4-18(2)5-7-19/h16-23H,3-15H2,1-2H3. The predicted molar refractivity (Wildman–Crippen MR) is 125 cm³/mol. The molecule has 0 aliphatic heterocycles. The monoisotopic (exact) mass is 462 g/mol. The molecule has 3 saturated carbocycles. The molecule has 0 N–H and O–H groups in total. The number of carbonyl (C=O) groups is 1. The zero-order valence-electron chi connectivity index (χ0n) is 20.3. The van der Waals surface area contributed by atoms with Gasteiger partial charge in [-0.25, -0.2) is 4.39 Å². The maximum absolute atomic E-state index is 14.9. The van der Waals surface area contributed by atoms with E-state index in [2.05, 4.69) is 6.92 Å². The zero-order valence-corrected chi connectivity index (χ0v) is 20.3. The summed E-state index contributed by atoms with van der Waals surface area (Å²) < 4.78 is 40.7. The van der Waals surface area contributed by atoms with Crippen molar-refractivity contribution < 1.29 is 23.0 Å². The summed E-state index contributed by atoms with van der Waals surface area (Å²) in [6, 6.07) is 3.04. The van der Waals surface area contributed by atoms with Crippen LogP contribution in [0.3, 0.4) is 0 Å². The third kappa shape index (κ3) is 5.96. The first kappa shape index (κ1) is 24.6. The van der Waals surface area contributed by atoms with Gasteiger partial charge in [-0.2, -0.15) is 4.39 Å². The quantitative estimate of drug-likeness (QED) is 0.323. The molecule has 0 radical (unpaired) electrons. The molecule has 0 amide bonds. The third-order valence-corrected chi connectivity index (χ3v) is 8.64. The molecule has 184 valence electrons. The van der Waals surface area contributed by atoms with Crippen LogP contribution in [0.25, 0.3) is 0 Å². The van der Waals surface area contributed by atoms with Gasteiger partial charge in [-0.3, -0.25) is 4.79 Å². The summed E-state index contributed by atoms with van der Waals surface area (Å²) in [4.78, 5) is 12.7. The molecule has 1 aromatic rings. The van der Waals surface area contributed by atoms with Crippen LogP contribution in [0.5, 0.6) is 5.75 Å². The van der Waals surface area contributed by atoms with Gasteiger partial charge in [-0.05, 0) is 106 Å². The molecule has 5 heteroatoms.